The number of nitrogens with zero attached hydrogens (tertiary/aromatic N) is 2. The first-order valence-electron chi connectivity index (χ1n) is 8.07. The Morgan fingerprint density at radius 3 is 2.79 bits per heavy atom. The molecule has 126 valence electrons. The van der Waals surface area contributed by atoms with Gasteiger partial charge in [-0.15, -0.1) is 11.3 Å². The number of amides is 2. The molecular formula is C18H21N3O2S. The van der Waals surface area contributed by atoms with Gasteiger partial charge in [0.25, 0.3) is 5.91 Å². The molecule has 3 heterocycles. The molecule has 1 aliphatic heterocycles. The van der Waals surface area contributed by atoms with Gasteiger partial charge >= 0.3 is 0 Å². The Balaban J connectivity index is 1.75. The predicted molar refractivity (Wildman–Crippen MR) is 93.8 cm³/mol. The Labute approximate surface area is 145 Å². The lowest BCUT2D eigenvalue weighted by Crippen LogP contribution is -2.55. The lowest BCUT2D eigenvalue weighted by atomic mass is 10.0. The number of likely N-dealkylation sites (tertiary alicyclic amines) is 1. The van der Waals surface area contributed by atoms with Crippen LogP contribution in [0.15, 0.2) is 41.9 Å². The molecule has 0 radical (unpaired) electrons. The quantitative estimate of drug-likeness (QED) is 0.928. The van der Waals surface area contributed by atoms with Crippen LogP contribution in [0.2, 0.25) is 0 Å². The van der Waals surface area contributed by atoms with E-state index >= 15 is 0 Å². The number of pyridine rings is 1. The van der Waals surface area contributed by atoms with Gasteiger partial charge in [0.2, 0.25) is 5.91 Å². The summed E-state index contributed by atoms with van der Waals surface area (Å²) in [6.45, 7) is 4.21. The van der Waals surface area contributed by atoms with E-state index in [0.29, 0.717) is 11.4 Å². The van der Waals surface area contributed by atoms with Crippen LogP contribution in [-0.4, -0.2) is 33.8 Å². The summed E-state index contributed by atoms with van der Waals surface area (Å²) in [5.74, 6) is -0.280. The molecule has 0 aliphatic carbocycles. The number of aromatic nitrogens is 1. The van der Waals surface area contributed by atoms with Gasteiger partial charge in [-0.3, -0.25) is 14.6 Å². The minimum atomic E-state index is -0.960. The molecule has 2 amide bonds. The Morgan fingerprint density at radius 1 is 1.29 bits per heavy atom. The van der Waals surface area contributed by atoms with Gasteiger partial charge in [-0.05, 0) is 50.3 Å². The summed E-state index contributed by atoms with van der Waals surface area (Å²) in [7, 11) is 0. The van der Waals surface area contributed by atoms with Crippen molar-refractivity contribution >= 4 is 23.2 Å². The first-order valence-corrected chi connectivity index (χ1v) is 8.95. The number of hydrogen-bond donors (Lipinski definition) is 1. The van der Waals surface area contributed by atoms with Gasteiger partial charge < -0.3 is 10.2 Å². The van der Waals surface area contributed by atoms with Crippen LogP contribution in [0.4, 0.5) is 0 Å². The SMILES string of the molecule is CC(C)(NC(=O)c1cccs1)C(=O)N1CCC[C@@H]1c1ccccn1. The first kappa shape index (κ1) is 16.6. The molecule has 3 rings (SSSR count). The number of rotatable bonds is 4. The molecule has 0 spiro atoms. The van der Waals surface area contributed by atoms with Gasteiger partial charge in [0, 0.05) is 12.7 Å². The first-order chi connectivity index (χ1) is 11.5. The maximum Gasteiger partial charge on any atom is 0.262 e. The topological polar surface area (TPSA) is 62.3 Å². The zero-order valence-corrected chi connectivity index (χ0v) is 14.7. The normalized spacial score (nSPS) is 17.8. The van der Waals surface area contributed by atoms with E-state index < -0.39 is 5.54 Å². The van der Waals surface area contributed by atoms with Gasteiger partial charge in [0.05, 0.1) is 16.6 Å². The fourth-order valence-corrected chi connectivity index (χ4v) is 3.67. The second-order valence-electron chi connectivity index (χ2n) is 6.47. The highest BCUT2D eigenvalue weighted by Gasteiger charge is 2.39. The van der Waals surface area contributed by atoms with E-state index in [1.54, 1.807) is 26.1 Å². The lowest BCUT2D eigenvalue weighted by Gasteiger charge is -2.33. The molecule has 24 heavy (non-hydrogen) atoms. The molecule has 0 saturated carbocycles. The monoisotopic (exact) mass is 343 g/mol. The molecule has 6 heteroatoms. The molecule has 1 saturated heterocycles. The average Bonchev–Trinajstić information content (AvgIpc) is 3.26. The van der Waals surface area contributed by atoms with Crippen LogP contribution in [0, 0.1) is 0 Å². The second-order valence-corrected chi connectivity index (χ2v) is 7.42. The van der Waals surface area contributed by atoms with Crippen LogP contribution in [0.5, 0.6) is 0 Å². The van der Waals surface area contributed by atoms with Crippen LogP contribution in [0.25, 0.3) is 0 Å². The number of carbonyl (C=O) groups excluding carboxylic acids is 2. The Hall–Kier alpha value is -2.21. The summed E-state index contributed by atoms with van der Waals surface area (Å²) in [5.41, 5.74) is -0.0536. The van der Waals surface area contributed by atoms with Gasteiger partial charge in [-0.2, -0.15) is 0 Å². The summed E-state index contributed by atoms with van der Waals surface area (Å²) in [5, 5.41) is 4.72. The minimum Gasteiger partial charge on any atom is -0.337 e. The highest BCUT2D eigenvalue weighted by atomic mass is 32.1. The molecular weight excluding hydrogens is 322 g/mol. The molecule has 1 N–H and O–H groups in total. The lowest BCUT2D eigenvalue weighted by molar-refractivity contribution is -0.137. The number of thiophene rings is 1. The maximum absolute atomic E-state index is 13.0. The van der Waals surface area contributed by atoms with Crippen molar-refractivity contribution < 1.29 is 9.59 Å². The van der Waals surface area contributed by atoms with Gasteiger partial charge in [0.15, 0.2) is 0 Å². The van der Waals surface area contributed by atoms with Crippen molar-refractivity contribution in [1.29, 1.82) is 0 Å². The summed E-state index contributed by atoms with van der Waals surface area (Å²) in [4.78, 5) is 32.2. The van der Waals surface area contributed by atoms with E-state index in [2.05, 4.69) is 10.3 Å². The van der Waals surface area contributed by atoms with E-state index in [-0.39, 0.29) is 17.9 Å². The molecule has 2 aromatic rings. The second kappa shape index (κ2) is 6.73. The zero-order valence-electron chi connectivity index (χ0n) is 13.9. The van der Waals surface area contributed by atoms with Crippen molar-refractivity contribution in [2.24, 2.45) is 0 Å². The van der Waals surface area contributed by atoms with E-state index in [1.165, 1.54) is 11.3 Å². The van der Waals surface area contributed by atoms with Crippen molar-refractivity contribution in [1.82, 2.24) is 15.2 Å². The van der Waals surface area contributed by atoms with Crippen LogP contribution in [-0.2, 0) is 4.79 Å². The third-order valence-corrected chi connectivity index (χ3v) is 5.12. The highest BCUT2D eigenvalue weighted by Crippen LogP contribution is 2.32. The van der Waals surface area contributed by atoms with Crippen LogP contribution < -0.4 is 5.32 Å². The van der Waals surface area contributed by atoms with E-state index in [4.69, 9.17) is 0 Å². The Kier molecular flexibility index (Phi) is 4.66. The number of carbonyl (C=O) groups is 2. The van der Waals surface area contributed by atoms with Crippen molar-refractivity contribution in [2.45, 2.75) is 38.3 Å². The fourth-order valence-electron chi connectivity index (χ4n) is 3.06. The van der Waals surface area contributed by atoms with Gasteiger partial charge in [0.1, 0.15) is 5.54 Å². The van der Waals surface area contributed by atoms with Gasteiger partial charge in [-0.1, -0.05) is 12.1 Å². The molecule has 2 aromatic heterocycles. The van der Waals surface area contributed by atoms with Crippen molar-refractivity contribution in [3.63, 3.8) is 0 Å². The van der Waals surface area contributed by atoms with Crippen LogP contribution in [0.1, 0.15) is 48.1 Å². The third kappa shape index (κ3) is 3.33. The number of hydrogen-bond acceptors (Lipinski definition) is 4. The van der Waals surface area contributed by atoms with E-state index in [1.807, 2.05) is 34.5 Å². The zero-order chi connectivity index (χ0) is 17.2. The Bertz CT molecular complexity index is 713. The standard InChI is InChI=1S/C18H21N3O2S/c1-18(2,20-16(22)15-9-6-12-24-15)17(23)21-11-5-8-14(21)13-7-3-4-10-19-13/h3-4,6-7,9-10,12,14H,5,8,11H2,1-2H3,(H,20,22)/t14-/m1/s1. The summed E-state index contributed by atoms with van der Waals surface area (Å²) in [6.07, 6.45) is 3.60. The molecule has 0 aromatic carbocycles. The largest absolute Gasteiger partial charge is 0.337 e. The van der Waals surface area contributed by atoms with Crippen molar-refractivity contribution in [2.75, 3.05) is 6.54 Å². The van der Waals surface area contributed by atoms with E-state index in [9.17, 15) is 9.59 Å². The van der Waals surface area contributed by atoms with Crippen LogP contribution >= 0.6 is 11.3 Å². The van der Waals surface area contributed by atoms with Crippen molar-refractivity contribution in [3.8, 4) is 0 Å². The van der Waals surface area contributed by atoms with Gasteiger partial charge in [-0.25, -0.2) is 0 Å². The maximum atomic E-state index is 13.0. The fraction of sp³-hybridized carbons (Fsp3) is 0.389. The molecule has 1 aliphatic rings. The molecule has 0 unspecified atom stereocenters. The molecule has 1 fully saturated rings. The summed E-state index contributed by atoms with van der Waals surface area (Å²) >= 11 is 1.37. The van der Waals surface area contributed by atoms with E-state index in [0.717, 1.165) is 18.5 Å². The minimum absolute atomic E-state index is 0.0170. The smallest absolute Gasteiger partial charge is 0.262 e. The predicted octanol–water partition coefficient (Wildman–Crippen LogP) is 3.02. The third-order valence-electron chi connectivity index (χ3n) is 4.25. The molecule has 0 bridgehead atoms. The molecule has 5 nitrogen and oxygen atoms in total. The number of nitrogens with one attached hydrogen (secondary N) is 1. The summed E-state index contributed by atoms with van der Waals surface area (Å²) < 4.78 is 0. The average molecular weight is 343 g/mol. The van der Waals surface area contributed by atoms with Crippen molar-refractivity contribution in [3.05, 3.63) is 52.5 Å². The summed E-state index contributed by atoms with van der Waals surface area (Å²) in [6, 6.07) is 9.33. The Morgan fingerprint density at radius 2 is 2.12 bits per heavy atom. The van der Waals surface area contributed by atoms with Crippen LogP contribution in [0.3, 0.4) is 0 Å². The highest BCUT2D eigenvalue weighted by molar-refractivity contribution is 7.12. The molecule has 1 atom stereocenters.